The molecule has 1 amide bonds. The molecule has 1 saturated heterocycles. The largest absolute Gasteiger partial charge is 0.348 e. The van der Waals surface area contributed by atoms with Crippen molar-refractivity contribution < 1.29 is 13.2 Å². The van der Waals surface area contributed by atoms with Crippen molar-refractivity contribution in [2.24, 2.45) is 0 Å². The van der Waals surface area contributed by atoms with Crippen molar-refractivity contribution in [3.05, 3.63) is 82.7 Å². The minimum absolute atomic E-state index is 0.197. The van der Waals surface area contributed by atoms with Crippen molar-refractivity contribution >= 4 is 15.9 Å². The number of nitrogens with one attached hydrogen (secondary N) is 1. The van der Waals surface area contributed by atoms with Crippen LogP contribution in [0.2, 0.25) is 0 Å². The first-order valence-electron chi connectivity index (χ1n) is 11.3. The van der Waals surface area contributed by atoms with Crippen molar-refractivity contribution in [3.63, 3.8) is 0 Å². The molecule has 1 aliphatic rings. The molecule has 1 fully saturated rings. The molecule has 0 radical (unpaired) electrons. The minimum atomic E-state index is -3.49. The third-order valence-corrected chi connectivity index (χ3v) is 7.85. The van der Waals surface area contributed by atoms with Crippen LogP contribution in [-0.2, 0) is 23.1 Å². The zero-order chi connectivity index (χ0) is 23.4. The molecule has 2 aromatic carbocycles. The van der Waals surface area contributed by atoms with Gasteiger partial charge in [-0.25, -0.2) is 8.42 Å². The first kappa shape index (κ1) is 23.2. The lowest BCUT2D eigenvalue weighted by Gasteiger charge is -2.26. The lowest BCUT2D eigenvalue weighted by molar-refractivity contribution is 0.0951. The second kappa shape index (κ2) is 9.89. The van der Waals surface area contributed by atoms with Crippen LogP contribution < -0.4 is 5.32 Å². The van der Waals surface area contributed by atoms with Crippen LogP contribution in [0.15, 0.2) is 59.5 Å². The van der Waals surface area contributed by atoms with Gasteiger partial charge in [-0.15, -0.1) is 0 Å². The number of hydrogen-bond acceptors (Lipinski definition) is 4. The molecule has 33 heavy (non-hydrogen) atoms. The summed E-state index contributed by atoms with van der Waals surface area (Å²) in [4.78, 5) is 12.9. The number of carbonyl (C=O) groups is 1. The summed E-state index contributed by atoms with van der Waals surface area (Å²) >= 11 is 0. The number of hydrogen-bond donors (Lipinski definition) is 1. The Morgan fingerprint density at radius 2 is 1.70 bits per heavy atom. The molecule has 0 saturated carbocycles. The number of aromatic nitrogens is 2. The molecule has 0 atom stereocenters. The van der Waals surface area contributed by atoms with E-state index in [-0.39, 0.29) is 17.3 Å². The summed E-state index contributed by atoms with van der Waals surface area (Å²) in [6, 6.07) is 16.3. The summed E-state index contributed by atoms with van der Waals surface area (Å²) in [5, 5.41) is 7.36. The maximum Gasteiger partial charge on any atom is 0.251 e. The SMILES string of the molecule is Cc1cc(C)n(Cc2ccc(C(=O)NCc3cccc(S(=O)(=O)N4CCCCC4)c3)cc2)n1. The minimum Gasteiger partial charge on any atom is -0.348 e. The van der Waals surface area contributed by atoms with Gasteiger partial charge >= 0.3 is 0 Å². The van der Waals surface area contributed by atoms with E-state index in [0.29, 0.717) is 25.2 Å². The average molecular weight is 467 g/mol. The van der Waals surface area contributed by atoms with E-state index in [9.17, 15) is 13.2 Å². The van der Waals surface area contributed by atoms with Crippen LogP contribution in [0, 0.1) is 13.8 Å². The number of aryl methyl sites for hydroxylation is 2. The molecular weight excluding hydrogens is 436 g/mol. The molecule has 1 aliphatic heterocycles. The van der Waals surface area contributed by atoms with E-state index in [1.54, 1.807) is 34.6 Å². The number of nitrogens with zero attached hydrogens (tertiary/aromatic N) is 3. The van der Waals surface area contributed by atoms with Gasteiger partial charge in [0.1, 0.15) is 0 Å². The highest BCUT2D eigenvalue weighted by Gasteiger charge is 2.25. The first-order valence-corrected chi connectivity index (χ1v) is 12.7. The predicted molar refractivity (Wildman–Crippen MR) is 127 cm³/mol. The van der Waals surface area contributed by atoms with Gasteiger partial charge in [0.25, 0.3) is 5.91 Å². The van der Waals surface area contributed by atoms with Crippen LogP contribution in [0.25, 0.3) is 0 Å². The molecule has 0 spiro atoms. The molecular formula is C25H30N4O3S. The van der Waals surface area contributed by atoms with Crippen LogP contribution in [0.4, 0.5) is 0 Å². The highest BCUT2D eigenvalue weighted by molar-refractivity contribution is 7.89. The van der Waals surface area contributed by atoms with E-state index in [1.165, 1.54) is 0 Å². The van der Waals surface area contributed by atoms with E-state index in [0.717, 1.165) is 41.8 Å². The maximum absolute atomic E-state index is 12.9. The summed E-state index contributed by atoms with van der Waals surface area (Å²) < 4.78 is 29.3. The van der Waals surface area contributed by atoms with Gasteiger partial charge in [-0.2, -0.15) is 9.40 Å². The summed E-state index contributed by atoms with van der Waals surface area (Å²) in [6.45, 7) is 6.04. The lowest BCUT2D eigenvalue weighted by Crippen LogP contribution is -2.35. The highest BCUT2D eigenvalue weighted by Crippen LogP contribution is 2.21. The fraction of sp³-hybridized carbons (Fsp3) is 0.360. The Bertz CT molecular complexity index is 1230. The smallest absolute Gasteiger partial charge is 0.251 e. The van der Waals surface area contributed by atoms with E-state index in [4.69, 9.17) is 0 Å². The summed E-state index contributed by atoms with van der Waals surface area (Å²) in [5.74, 6) is -0.197. The third kappa shape index (κ3) is 5.51. The molecule has 2 heterocycles. The van der Waals surface area contributed by atoms with Gasteiger partial charge in [0, 0.05) is 30.9 Å². The van der Waals surface area contributed by atoms with Crippen molar-refractivity contribution in [1.29, 1.82) is 0 Å². The zero-order valence-electron chi connectivity index (χ0n) is 19.1. The number of carbonyl (C=O) groups excluding carboxylic acids is 1. The number of sulfonamides is 1. The van der Waals surface area contributed by atoms with Gasteiger partial charge in [0.15, 0.2) is 0 Å². The quantitative estimate of drug-likeness (QED) is 0.576. The molecule has 0 unspecified atom stereocenters. The zero-order valence-corrected chi connectivity index (χ0v) is 19.9. The second-order valence-electron chi connectivity index (χ2n) is 8.58. The van der Waals surface area contributed by atoms with Crippen molar-refractivity contribution in [3.8, 4) is 0 Å². The Morgan fingerprint density at radius 3 is 2.36 bits per heavy atom. The number of rotatable bonds is 7. The maximum atomic E-state index is 12.9. The second-order valence-corrected chi connectivity index (χ2v) is 10.5. The van der Waals surface area contributed by atoms with E-state index < -0.39 is 10.0 Å². The molecule has 174 valence electrons. The summed E-state index contributed by atoms with van der Waals surface area (Å²) in [7, 11) is -3.49. The van der Waals surface area contributed by atoms with Gasteiger partial charge in [0.2, 0.25) is 10.0 Å². The van der Waals surface area contributed by atoms with E-state index in [2.05, 4.69) is 10.4 Å². The summed E-state index contributed by atoms with van der Waals surface area (Å²) in [6.07, 6.45) is 2.87. The van der Waals surface area contributed by atoms with Crippen molar-refractivity contribution in [1.82, 2.24) is 19.4 Å². The molecule has 1 aromatic heterocycles. The fourth-order valence-corrected chi connectivity index (χ4v) is 5.71. The monoisotopic (exact) mass is 466 g/mol. The van der Waals surface area contributed by atoms with Gasteiger partial charge in [-0.05, 0) is 68.1 Å². The third-order valence-electron chi connectivity index (χ3n) is 5.96. The van der Waals surface area contributed by atoms with Crippen molar-refractivity contribution in [2.45, 2.75) is 51.1 Å². The first-order chi connectivity index (χ1) is 15.8. The van der Waals surface area contributed by atoms with Crippen LogP contribution in [-0.4, -0.2) is 41.5 Å². The van der Waals surface area contributed by atoms with Gasteiger partial charge in [-0.3, -0.25) is 9.48 Å². The molecule has 1 N–H and O–H groups in total. The van der Waals surface area contributed by atoms with Gasteiger partial charge in [0.05, 0.1) is 17.1 Å². The fourth-order valence-electron chi connectivity index (χ4n) is 4.12. The van der Waals surface area contributed by atoms with E-state index >= 15 is 0 Å². The predicted octanol–water partition coefficient (Wildman–Crippen LogP) is 3.65. The molecule has 7 nitrogen and oxygen atoms in total. The van der Waals surface area contributed by atoms with Crippen LogP contribution in [0.3, 0.4) is 0 Å². The standard InChI is InChI=1S/C25H30N4O3S/c1-19-15-20(2)29(27-19)18-21-9-11-23(12-10-21)25(30)26-17-22-7-6-8-24(16-22)33(31,32)28-13-4-3-5-14-28/h6-12,15-16H,3-5,13-14,17-18H2,1-2H3,(H,26,30). The van der Waals surface area contributed by atoms with Crippen LogP contribution in [0.5, 0.6) is 0 Å². The van der Waals surface area contributed by atoms with E-state index in [1.807, 2.05) is 42.8 Å². The molecule has 3 aromatic rings. The molecule has 4 rings (SSSR count). The Hall–Kier alpha value is -2.97. The molecule has 0 bridgehead atoms. The Balaban J connectivity index is 1.37. The highest BCUT2D eigenvalue weighted by atomic mass is 32.2. The Morgan fingerprint density at radius 1 is 0.970 bits per heavy atom. The van der Waals surface area contributed by atoms with Crippen LogP contribution in [0.1, 0.15) is 52.1 Å². The Kier molecular flexibility index (Phi) is 6.95. The topological polar surface area (TPSA) is 84.3 Å². The molecule has 8 heteroatoms. The molecule has 0 aliphatic carbocycles. The summed E-state index contributed by atoms with van der Waals surface area (Å²) in [5.41, 5.74) is 4.45. The Labute approximate surface area is 195 Å². The van der Waals surface area contributed by atoms with Gasteiger partial charge in [-0.1, -0.05) is 30.7 Å². The van der Waals surface area contributed by atoms with Crippen molar-refractivity contribution in [2.75, 3.05) is 13.1 Å². The number of piperidine rings is 1. The number of benzene rings is 2. The van der Waals surface area contributed by atoms with Gasteiger partial charge < -0.3 is 5.32 Å². The normalized spacial score (nSPS) is 14.8. The van der Waals surface area contributed by atoms with Crippen LogP contribution >= 0.6 is 0 Å². The number of amides is 1. The lowest BCUT2D eigenvalue weighted by atomic mass is 10.1. The average Bonchev–Trinajstić information content (AvgIpc) is 3.15.